The average molecular weight is 311 g/mol. The van der Waals surface area contributed by atoms with Gasteiger partial charge in [0.25, 0.3) is 5.56 Å². The van der Waals surface area contributed by atoms with Crippen LogP contribution in [0.25, 0.3) is 10.8 Å². The van der Waals surface area contributed by atoms with E-state index in [-0.39, 0.29) is 5.56 Å². The van der Waals surface area contributed by atoms with E-state index in [1.807, 2.05) is 0 Å². The van der Waals surface area contributed by atoms with Gasteiger partial charge in [-0.2, -0.15) is 0 Å². The highest BCUT2D eigenvalue weighted by Crippen LogP contribution is 2.23. The normalized spacial score (nSPS) is 10.6. The van der Waals surface area contributed by atoms with Crippen molar-refractivity contribution in [1.29, 1.82) is 0 Å². The summed E-state index contributed by atoms with van der Waals surface area (Å²) in [5.74, 6) is 4.98. The Labute approximate surface area is 111 Å². The van der Waals surface area contributed by atoms with Gasteiger partial charge in [-0.3, -0.25) is 4.79 Å². The summed E-state index contributed by atoms with van der Waals surface area (Å²) >= 11 is 3.34. The summed E-state index contributed by atoms with van der Waals surface area (Å²) in [5.41, 5.74) is -0.0220. The molecule has 0 unspecified atom stereocenters. The molecule has 0 saturated carbocycles. The zero-order valence-electron chi connectivity index (χ0n) is 9.86. The fourth-order valence-electron chi connectivity index (χ4n) is 1.85. The molecule has 0 radical (unpaired) electrons. The number of nitrogens with zero attached hydrogens (tertiary/aromatic N) is 1. The molecule has 0 atom stereocenters. The summed E-state index contributed by atoms with van der Waals surface area (Å²) in [5, 5.41) is 1.26. The predicted octanol–water partition coefficient (Wildman–Crippen LogP) is 1.57. The molecule has 94 valence electrons. The third-order valence-electron chi connectivity index (χ3n) is 2.82. The topological polar surface area (TPSA) is 74.3 Å². The number of hydrogen-bond acceptors (Lipinski definition) is 4. The highest BCUT2D eigenvalue weighted by atomic mass is 79.9. The molecule has 2 N–H and O–H groups in total. The number of fused-ring (bicyclic) bond motifs is 1. The third kappa shape index (κ3) is 1.78. The molecule has 18 heavy (non-hydrogen) atoms. The number of aromatic nitrogens is 1. The van der Waals surface area contributed by atoms with Gasteiger partial charge in [0.1, 0.15) is 5.56 Å². The molecule has 1 heterocycles. The number of nitrogen functional groups attached to an aromatic ring is 1. The van der Waals surface area contributed by atoms with Crippen molar-refractivity contribution in [2.75, 3.05) is 13.0 Å². The monoisotopic (exact) mass is 310 g/mol. The zero-order chi connectivity index (χ0) is 13.4. The Morgan fingerprint density at radius 2 is 2.06 bits per heavy atom. The lowest BCUT2D eigenvalue weighted by Crippen LogP contribution is -2.34. The van der Waals surface area contributed by atoms with Crippen molar-refractivity contribution in [3.05, 3.63) is 44.3 Å². The second-order valence-corrected chi connectivity index (χ2v) is 4.73. The number of hydrogen-bond donors (Lipinski definition) is 1. The molecule has 2 rings (SSSR count). The van der Waals surface area contributed by atoms with Crippen molar-refractivity contribution in [1.82, 2.24) is 4.68 Å². The van der Waals surface area contributed by atoms with E-state index in [4.69, 9.17) is 5.84 Å². The smallest absolute Gasteiger partial charge is 0.344 e. The van der Waals surface area contributed by atoms with E-state index in [0.717, 1.165) is 14.5 Å². The zero-order valence-corrected chi connectivity index (χ0v) is 11.4. The maximum Gasteiger partial charge on any atom is 0.344 e. The summed E-state index contributed by atoms with van der Waals surface area (Å²) in [6.45, 7) is 1.72. The second-order valence-electron chi connectivity index (χ2n) is 3.82. The van der Waals surface area contributed by atoms with Gasteiger partial charge in [0, 0.05) is 20.9 Å². The summed E-state index contributed by atoms with van der Waals surface area (Å²) < 4.78 is 6.43. The van der Waals surface area contributed by atoms with Crippen LogP contribution in [0.1, 0.15) is 16.1 Å². The largest absolute Gasteiger partial charge is 0.465 e. The Morgan fingerprint density at radius 1 is 1.39 bits per heavy atom. The standard InChI is InChI=1S/C12H11BrN2O3/c1-6-9-5-7(13)3-4-8(9)10(12(17)18-2)11(16)15(6)14/h3-5H,14H2,1-2H3. The molecular weight excluding hydrogens is 300 g/mol. The van der Waals surface area contributed by atoms with Crippen molar-refractivity contribution in [2.24, 2.45) is 0 Å². The van der Waals surface area contributed by atoms with E-state index in [1.54, 1.807) is 25.1 Å². The number of aryl methyl sites for hydroxylation is 1. The second kappa shape index (κ2) is 4.45. The van der Waals surface area contributed by atoms with Crippen molar-refractivity contribution >= 4 is 32.7 Å². The van der Waals surface area contributed by atoms with Gasteiger partial charge in [0.15, 0.2) is 0 Å². The van der Waals surface area contributed by atoms with Crippen molar-refractivity contribution < 1.29 is 9.53 Å². The minimum Gasteiger partial charge on any atom is -0.465 e. The lowest BCUT2D eigenvalue weighted by molar-refractivity contribution is 0.0600. The van der Waals surface area contributed by atoms with Crippen LogP contribution >= 0.6 is 15.9 Å². The molecule has 6 heteroatoms. The molecule has 0 saturated heterocycles. The fraction of sp³-hybridized carbons (Fsp3) is 0.167. The van der Waals surface area contributed by atoms with E-state index in [1.165, 1.54) is 7.11 Å². The number of methoxy groups -OCH3 is 1. The molecule has 0 aliphatic rings. The quantitative estimate of drug-likeness (QED) is 0.641. The molecule has 0 aliphatic carbocycles. The number of benzene rings is 1. The van der Waals surface area contributed by atoms with Gasteiger partial charge < -0.3 is 10.6 Å². The van der Waals surface area contributed by atoms with Crippen molar-refractivity contribution in [2.45, 2.75) is 6.92 Å². The lowest BCUT2D eigenvalue weighted by atomic mass is 10.1. The van der Waals surface area contributed by atoms with Crippen molar-refractivity contribution in [3.8, 4) is 0 Å². The summed E-state index contributed by atoms with van der Waals surface area (Å²) in [7, 11) is 1.23. The van der Waals surface area contributed by atoms with Gasteiger partial charge in [-0.1, -0.05) is 22.0 Å². The molecule has 0 fully saturated rings. The molecule has 0 spiro atoms. The number of carbonyl (C=O) groups is 1. The first-order valence-corrected chi connectivity index (χ1v) is 5.95. The molecule has 0 amide bonds. The van der Waals surface area contributed by atoms with Crippen molar-refractivity contribution in [3.63, 3.8) is 0 Å². The van der Waals surface area contributed by atoms with Gasteiger partial charge in [0.2, 0.25) is 0 Å². The van der Waals surface area contributed by atoms with Gasteiger partial charge in [-0.25, -0.2) is 9.47 Å². The number of ether oxygens (including phenoxy) is 1. The molecule has 1 aromatic heterocycles. The minimum absolute atomic E-state index is 0.0481. The van der Waals surface area contributed by atoms with E-state index >= 15 is 0 Å². The van der Waals surface area contributed by atoms with Crippen LogP contribution in [0.2, 0.25) is 0 Å². The van der Waals surface area contributed by atoms with E-state index < -0.39 is 11.5 Å². The molecule has 0 aliphatic heterocycles. The Morgan fingerprint density at radius 3 is 2.67 bits per heavy atom. The summed E-state index contributed by atoms with van der Waals surface area (Å²) in [6.07, 6.45) is 0. The van der Waals surface area contributed by atoms with Gasteiger partial charge in [0.05, 0.1) is 7.11 Å². The van der Waals surface area contributed by atoms with Gasteiger partial charge in [-0.15, -0.1) is 0 Å². The Hall–Kier alpha value is -1.82. The molecule has 1 aromatic carbocycles. The Balaban J connectivity index is 3.02. The van der Waals surface area contributed by atoms with Crippen LogP contribution in [0.4, 0.5) is 0 Å². The average Bonchev–Trinajstić information content (AvgIpc) is 2.37. The lowest BCUT2D eigenvalue weighted by Gasteiger charge is -2.11. The number of nitrogens with two attached hydrogens (primary N) is 1. The molecular formula is C12H11BrN2O3. The Bertz CT molecular complexity index is 707. The van der Waals surface area contributed by atoms with E-state index in [2.05, 4.69) is 20.7 Å². The molecule has 2 aromatic rings. The minimum atomic E-state index is -0.688. The summed E-state index contributed by atoms with van der Waals surface area (Å²) in [4.78, 5) is 23.7. The number of halogens is 1. The summed E-state index contributed by atoms with van der Waals surface area (Å²) in [6, 6.07) is 5.26. The Kier molecular flexibility index (Phi) is 3.13. The highest BCUT2D eigenvalue weighted by molar-refractivity contribution is 9.10. The number of pyridine rings is 1. The van der Waals surface area contributed by atoms with E-state index in [0.29, 0.717) is 11.1 Å². The SMILES string of the molecule is COC(=O)c1c(=O)n(N)c(C)c2cc(Br)ccc12. The maximum atomic E-state index is 12.0. The molecule has 5 nitrogen and oxygen atoms in total. The number of esters is 1. The number of rotatable bonds is 1. The first kappa shape index (κ1) is 12.6. The van der Waals surface area contributed by atoms with Gasteiger partial charge >= 0.3 is 5.97 Å². The highest BCUT2D eigenvalue weighted by Gasteiger charge is 2.19. The fourth-order valence-corrected chi connectivity index (χ4v) is 2.21. The maximum absolute atomic E-state index is 12.0. The van der Waals surface area contributed by atoms with Crippen LogP contribution < -0.4 is 11.4 Å². The first-order chi connectivity index (χ1) is 8.47. The molecule has 0 bridgehead atoms. The van der Waals surface area contributed by atoms with Gasteiger partial charge in [-0.05, 0) is 19.1 Å². The third-order valence-corrected chi connectivity index (χ3v) is 3.32. The van der Waals surface area contributed by atoms with E-state index in [9.17, 15) is 9.59 Å². The van der Waals surface area contributed by atoms with Crippen LogP contribution in [0.5, 0.6) is 0 Å². The number of carbonyl (C=O) groups excluding carboxylic acids is 1. The van der Waals surface area contributed by atoms with Crippen LogP contribution in [0, 0.1) is 6.92 Å². The predicted molar refractivity (Wildman–Crippen MR) is 72.1 cm³/mol. The van der Waals surface area contributed by atoms with Crippen LogP contribution in [0.15, 0.2) is 27.5 Å². The van der Waals surface area contributed by atoms with Crippen LogP contribution in [-0.4, -0.2) is 17.8 Å². The van der Waals surface area contributed by atoms with Crippen LogP contribution in [0.3, 0.4) is 0 Å². The first-order valence-electron chi connectivity index (χ1n) is 5.15. The van der Waals surface area contributed by atoms with Crippen LogP contribution in [-0.2, 0) is 4.74 Å².